The van der Waals surface area contributed by atoms with Gasteiger partial charge in [-0.1, -0.05) is 18.2 Å². The Bertz CT molecular complexity index is 852. The lowest BCUT2D eigenvalue weighted by Crippen LogP contribution is -2.27. The number of thioether (sulfide) groups is 1. The predicted molar refractivity (Wildman–Crippen MR) is 92.9 cm³/mol. The molecule has 2 aromatic rings. The van der Waals surface area contributed by atoms with E-state index in [9.17, 15) is 8.42 Å². The van der Waals surface area contributed by atoms with Crippen LogP contribution in [0.25, 0.3) is 0 Å². The zero-order valence-electron chi connectivity index (χ0n) is 13.1. The molecule has 1 fully saturated rings. The maximum absolute atomic E-state index is 12.5. The summed E-state index contributed by atoms with van der Waals surface area (Å²) < 4.78 is 26.4. The van der Waals surface area contributed by atoms with Crippen molar-refractivity contribution in [2.75, 3.05) is 13.1 Å². The molecule has 1 aromatic carbocycles. The summed E-state index contributed by atoms with van der Waals surface area (Å²) in [5.41, 5.74) is 1.60. The second kappa shape index (κ2) is 7.34. The number of hydrogen-bond donors (Lipinski definition) is 0. The molecule has 0 atom stereocenters. The van der Waals surface area contributed by atoms with Crippen LogP contribution in [0.1, 0.15) is 24.0 Å². The van der Waals surface area contributed by atoms with Gasteiger partial charge in [0.15, 0.2) is 0 Å². The molecule has 0 N–H and O–H groups in total. The summed E-state index contributed by atoms with van der Waals surface area (Å²) in [4.78, 5) is 4.50. The average Bonchev–Trinajstić information content (AvgIpc) is 3.16. The first kappa shape index (κ1) is 17.0. The molecule has 0 bridgehead atoms. The minimum absolute atomic E-state index is 0.242. The number of nitriles is 1. The Labute approximate surface area is 146 Å². The van der Waals surface area contributed by atoms with Gasteiger partial charge in [0.05, 0.1) is 16.7 Å². The molecule has 0 radical (unpaired) electrons. The van der Waals surface area contributed by atoms with Crippen LogP contribution in [-0.2, 0) is 15.8 Å². The van der Waals surface area contributed by atoms with Crippen molar-refractivity contribution in [1.29, 1.82) is 5.26 Å². The fourth-order valence-corrected chi connectivity index (χ4v) is 4.90. The highest BCUT2D eigenvalue weighted by Crippen LogP contribution is 2.25. The Hall–Kier alpha value is -1.88. The summed E-state index contributed by atoms with van der Waals surface area (Å²) in [5.74, 6) is 0.620. The minimum Gasteiger partial charge on any atom is -0.249 e. The van der Waals surface area contributed by atoms with Crippen LogP contribution >= 0.6 is 11.8 Å². The van der Waals surface area contributed by atoms with Gasteiger partial charge in [-0.2, -0.15) is 9.57 Å². The maximum atomic E-state index is 12.5. The van der Waals surface area contributed by atoms with E-state index in [-0.39, 0.29) is 4.90 Å². The van der Waals surface area contributed by atoms with Crippen LogP contribution in [0, 0.1) is 11.3 Å². The van der Waals surface area contributed by atoms with Crippen molar-refractivity contribution in [3.05, 3.63) is 53.7 Å². The van der Waals surface area contributed by atoms with Gasteiger partial charge in [0.1, 0.15) is 4.90 Å². The van der Waals surface area contributed by atoms with Crippen LogP contribution in [0.2, 0.25) is 0 Å². The van der Waals surface area contributed by atoms with E-state index < -0.39 is 10.0 Å². The van der Waals surface area contributed by atoms with Gasteiger partial charge in [-0.25, -0.2) is 13.4 Å². The number of benzene rings is 1. The molecule has 124 valence electrons. The van der Waals surface area contributed by atoms with E-state index in [0.29, 0.717) is 24.4 Å². The van der Waals surface area contributed by atoms with Crippen molar-refractivity contribution in [1.82, 2.24) is 9.29 Å². The van der Waals surface area contributed by atoms with Crippen molar-refractivity contribution in [3.8, 4) is 6.07 Å². The molecule has 0 aliphatic carbocycles. The molecule has 0 amide bonds. The molecule has 2 heterocycles. The van der Waals surface area contributed by atoms with E-state index in [1.165, 1.54) is 22.3 Å². The second-order valence-electron chi connectivity index (χ2n) is 5.50. The minimum atomic E-state index is -3.41. The topological polar surface area (TPSA) is 74.1 Å². The molecule has 5 nitrogen and oxygen atoms in total. The third-order valence-corrected chi connectivity index (χ3v) is 6.80. The molecule has 1 aromatic heterocycles. The normalized spacial score (nSPS) is 15.3. The van der Waals surface area contributed by atoms with Crippen LogP contribution in [0.4, 0.5) is 0 Å². The fraction of sp³-hybridized carbons (Fsp3) is 0.294. The van der Waals surface area contributed by atoms with Crippen molar-refractivity contribution in [3.63, 3.8) is 0 Å². The number of aromatic nitrogens is 1. The zero-order valence-corrected chi connectivity index (χ0v) is 14.7. The molecule has 0 unspecified atom stereocenters. The van der Waals surface area contributed by atoms with Gasteiger partial charge in [-0.15, -0.1) is 11.8 Å². The Morgan fingerprint density at radius 1 is 1.17 bits per heavy atom. The standard InChI is InChI=1S/C17H17N3O2S2/c18-11-14-5-1-2-6-15(14)13-23-17-8-7-16(12-19-17)24(21,22)20-9-3-4-10-20/h1-2,5-8,12H,3-4,9-10,13H2. The van der Waals surface area contributed by atoms with Gasteiger partial charge in [-0.05, 0) is 36.6 Å². The first-order chi connectivity index (χ1) is 11.6. The van der Waals surface area contributed by atoms with Gasteiger partial charge in [0, 0.05) is 25.0 Å². The Balaban J connectivity index is 1.70. The van der Waals surface area contributed by atoms with Crippen LogP contribution in [-0.4, -0.2) is 30.8 Å². The number of sulfonamides is 1. The van der Waals surface area contributed by atoms with Crippen molar-refractivity contribution in [2.45, 2.75) is 28.5 Å². The monoisotopic (exact) mass is 359 g/mol. The van der Waals surface area contributed by atoms with E-state index in [1.807, 2.05) is 18.2 Å². The van der Waals surface area contributed by atoms with Crippen molar-refractivity contribution >= 4 is 21.8 Å². The van der Waals surface area contributed by atoms with Crippen molar-refractivity contribution < 1.29 is 8.42 Å². The summed E-state index contributed by atoms with van der Waals surface area (Å²) in [7, 11) is -3.41. The number of nitrogens with zero attached hydrogens (tertiary/aromatic N) is 3. The summed E-state index contributed by atoms with van der Waals surface area (Å²) in [6.45, 7) is 1.17. The lowest BCUT2D eigenvalue weighted by Gasteiger charge is -2.15. The molecule has 1 aliphatic heterocycles. The van der Waals surface area contributed by atoms with Crippen LogP contribution in [0.5, 0.6) is 0 Å². The molecule has 1 aliphatic rings. The fourth-order valence-electron chi connectivity index (χ4n) is 2.59. The average molecular weight is 359 g/mol. The third-order valence-electron chi connectivity index (χ3n) is 3.93. The first-order valence-corrected chi connectivity index (χ1v) is 10.1. The molecule has 7 heteroatoms. The molecule has 3 rings (SSSR count). The summed E-state index contributed by atoms with van der Waals surface area (Å²) in [6, 6.07) is 12.9. The van der Waals surface area contributed by atoms with Gasteiger partial charge in [-0.3, -0.25) is 0 Å². The maximum Gasteiger partial charge on any atom is 0.244 e. The summed E-state index contributed by atoms with van der Waals surface area (Å²) in [5, 5.41) is 9.84. The van der Waals surface area contributed by atoms with Gasteiger partial charge in [0.25, 0.3) is 0 Å². The molecule has 1 saturated heterocycles. The first-order valence-electron chi connectivity index (χ1n) is 7.68. The molecule has 0 spiro atoms. The van der Waals surface area contributed by atoms with Crippen LogP contribution in [0.3, 0.4) is 0 Å². The highest BCUT2D eigenvalue weighted by Gasteiger charge is 2.27. The predicted octanol–water partition coefficient (Wildman–Crippen LogP) is 3.03. The summed E-state index contributed by atoms with van der Waals surface area (Å²) >= 11 is 1.48. The molecule has 24 heavy (non-hydrogen) atoms. The van der Waals surface area contributed by atoms with Crippen LogP contribution in [0.15, 0.2) is 52.5 Å². The number of pyridine rings is 1. The summed E-state index contributed by atoms with van der Waals surface area (Å²) in [6.07, 6.45) is 3.25. The van der Waals surface area contributed by atoms with Crippen LogP contribution < -0.4 is 0 Å². The zero-order chi connectivity index (χ0) is 17.0. The highest BCUT2D eigenvalue weighted by molar-refractivity contribution is 7.98. The quantitative estimate of drug-likeness (QED) is 0.767. The van der Waals surface area contributed by atoms with E-state index >= 15 is 0 Å². The highest BCUT2D eigenvalue weighted by atomic mass is 32.2. The molecular weight excluding hydrogens is 342 g/mol. The Morgan fingerprint density at radius 2 is 1.92 bits per heavy atom. The lowest BCUT2D eigenvalue weighted by molar-refractivity contribution is 0.477. The smallest absolute Gasteiger partial charge is 0.244 e. The third kappa shape index (κ3) is 3.61. The van der Waals surface area contributed by atoms with E-state index in [0.717, 1.165) is 23.4 Å². The Morgan fingerprint density at radius 3 is 2.58 bits per heavy atom. The molecular formula is C17H17N3O2S2. The lowest BCUT2D eigenvalue weighted by atomic mass is 10.1. The van der Waals surface area contributed by atoms with Gasteiger partial charge in [0.2, 0.25) is 10.0 Å². The Kier molecular flexibility index (Phi) is 5.19. The van der Waals surface area contributed by atoms with Gasteiger partial charge < -0.3 is 0 Å². The largest absolute Gasteiger partial charge is 0.249 e. The number of hydrogen-bond acceptors (Lipinski definition) is 5. The van der Waals surface area contributed by atoms with E-state index in [2.05, 4.69) is 11.1 Å². The van der Waals surface area contributed by atoms with Gasteiger partial charge >= 0.3 is 0 Å². The number of rotatable bonds is 5. The van der Waals surface area contributed by atoms with Crippen molar-refractivity contribution in [2.24, 2.45) is 0 Å². The van der Waals surface area contributed by atoms with E-state index in [1.54, 1.807) is 18.2 Å². The molecule has 0 saturated carbocycles. The SMILES string of the molecule is N#Cc1ccccc1CSc1ccc(S(=O)(=O)N2CCCC2)cn1. The second-order valence-corrected chi connectivity index (χ2v) is 8.43. The van der Waals surface area contributed by atoms with E-state index in [4.69, 9.17) is 5.26 Å².